The normalized spacial score (nSPS) is 16.8. The van der Waals surface area contributed by atoms with E-state index < -0.39 is 10.0 Å². The highest BCUT2D eigenvalue weighted by molar-refractivity contribution is 9.10. The van der Waals surface area contributed by atoms with Gasteiger partial charge >= 0.3 is 0 Å². The molecule has 1 fully saturated rings. The molecular weight excluding hydrogens is 344 g/mol. The minimum Gasteiger partial charge on any atom is -0.352 e. The van der Waals surface area contributed by atoms with Gasteiger partial charge in [0.05, 0.1) is 10.5 Å². The van der Waals surface area contributed by atoms with Crippen LogP contribution in [0.2, 0.25) is 0 Å². The van der Waals surface area contributed by atoms with Crippen LogP contribution in [0.5, 0.6) is 0 Å². The minimum atomic E-state index is -3.81. The SMILES string of the molecule is CC(CNC(=O)c1cc(S(N)(=O)=O)ccc1Br)C1CC1. The number of carbonyl (C=O) groups excluding carboxylic acids is 1. The molecule has 110 valence electrons. The van der Waals surface area contributed by atoms with Crippen LogP contribution in [-0.4, -0.2) is 20.9 Å². The van der Waals surface area contributed by atoms with Crippen molar-refractivity contribution in [3.63, 3.8) is 0 Å². The maximum atomic E-state index is 12.1. The summed E-state index contributed by atoms with van der Waals surface area (Å²) in [5.74, 6) is 0.850. The largest absolute Gasteiger partial charge is 0.352 e. The molecule has 1 amide bonds. The lowest BCUT2D eigenvalue weighted by molar-refractivity contribution is 0.0945. The van der Waals surface area contributed by atoms with Gasteiger partial charge in [0.1, 0.15) is 0 Å². The summed E-state index contributed by atoms with van der Waals surface area (Å²) in [6.07, 6.45) is 2.45. The molecular formula is C13H17BrN2O3S. The third-order valence-electron chi connectivity index (χ3n) is 3.52. The average Bonchev–Trinajstić information content (AvgIpc) is 3.18. The molecule has 0 aliphatic heterocycles. The van der Waals surface area contributed by atoms with Crippen molar-refractivity contribution in [2.45, 2.75) is 24.7 Å². The van der Waals surface area contributed by atoms with Crippen molar-refractivity contribution >= 4 is 31.9 Å². The molecule has 1 aromatic carbocycles. The van der Waals surface area contributed by atoms with Gasteiger partial charge < -0.3 is 5.32 Å². The van der Waals surface area contributed by atoms with Crippen LogP contribution >= 0.6 is 15.9 Å². The van der Waals surface area contributed by atoms with E-state index in [9.17, 15) is 13.2 Å². The molecule has 0 bridgehead atoms. The highest BCUT2D eigenvalue weighted by Gasteiger charge is 2.28. The summed E-state index contributed by atoms with van der Waals surface area (Å²) in [6, 6.07) is 4.17. The van der Waals surface area contributed by atoms with Crippen molar-refractivity contribution in [2.75, 3.05) is 6.54 Å². The molecule has 1 unspecified atom stereocenters. The van der Waals surface area contributed by atoms with Gasteiger partial charge in [-0.05, 0) is 58.8 Å². The van der Waals surface area contributed by atoms with Gasteiger partial charge in [0.2, 0.25) is 10.0 Å². The molecule has 1 saturated carbocycles. The van der Waals surface area contributed by atoms with Crippen LogP contribution in [0.3, 0.4) is 0 Å². The molecule has 7 heteroatoms. The predicted octanol–water partition coefficient (Wildman–Crippen LogP) is 1.87. The van der Waals surface area contributed by atoms with Gasteiger partial charge in [-0.1, -0.05) is 6.92 Å². The molecule has 20 heavy (non-hydrogen) atoms. The van der Waals surface area contributed by atoms with Crippen LogP contribution in [0, 0.1) is 11.8 Å². The monoisotopic (exact) mass is 360 g/mol. The maximum Gasteiger partial charge on any atom is 0.252 e. The van der Waals surface area contributed by atoms with Crippen molar-refractivity contribution in [1.82, 2.24) is 5.32 Å². The maximum absolute atomic E-state index is 12.1. The van der Waals surface area contributed by atoms with Crippen molar-refractivity contribution in [3.8, 4) is 0 Å². The van der Waals surface area contributed by atoms with Crippen LogP contribution in [0.4, 0.5) is 0 Å². The van der Waals surface area contributed by atoms with Gasteiger partial charge in [0, 0.05) is 11.0 Å². The number of nitrogens with two attached hydrogens (primary N) is 1. The second kappa shape index (κ2) is 5.83. The fourth-order valence-electron chi connectivity index (χ4n) is 2.04. The van der Waals surface area contributed by atoms with Crippen molar-refractivity contribution < 1.29 is 13.2 Å². The van der Waals surface area contributed by atoms with Crippen molar-refractivity contribution in [2.24, 2.45) is 17.0 Å². The van der Waals surface area contributed by atoms with Crippen molar-refractivity contribution in [3.05, 3.63) is 28.2 Å². The first-order chi connectivity index (χ1) is 9.29. The molecule has 0 aromatic heterocycles. The van der Waals surface area contributed by atoms with E-state index in [0.29, 0.717) is 22.9 Å². The van der Waals surface area contributed by atoms with E-state index in [2.05, 4.69) is 28.2 Å². The average molecular weight is 361 g/mol. The summed E-state index contributed by atoms with van der Waals surface area (Å²) < 4.78 is 23.2. The summed E-state index contributed by atoms with van der Waals surface area (Å²) in [5.41, 5.74) is 0.277. The number of primary sulfonamides is 1. The van der Waals surface area contributed by atoms with Gasteiger partial charge in [-0.3, -0.25) is 4.79 Å². The molecule has 0 radical (unpaired) electrons. The second-order valence-corrected chi connectivity index (χ2v) is 7.63. The first kappa shape index (κ1) is 15.5. The number of hydrogen-bond acceptors (Lipinski definition) is 3. The Bertz CT molecular complexity index is 627. The highest BCUT2D eigenvalue weighted by atomic mass is 79.9. The van der Waals surface area contributed by atoms with E-state index >= 15 is 0 Å². The molecule has 2 rings (SSSR count). The zero-order valence-corrected chi connectivity index (χ0v) is 13.5. The van der Waals surface area contributed by atoms with Crippen LogP contribution in [0.15, 0.2) is 27.6 Å². The van der Waals surface area contributed by atoms with Gasteiger partial charge in [-0.15, -0.1) is 0 Å². The van der Waals surface area contributed by atoms with Gasteiger partial charge in [0.15, 0.2) is 0 Å². The van der Waals surface area contributed by atoms with Gasteiger partial charge in [-0.25, -0.2) is 13.6 Å². The Kier molecular flexibility index (Phi) is 4.51. The molecule has 1 aliphatic carbocycles. The standard InChI is InChI=1S/C13H17BrN2O3S/c1-8(9-2-3-9)7-16-13(17)11-6-10(20(15,18)19)4-5-12(11)14/h4-6,8-9H,2-3,7H2,1H3,(H,16,17)(H2,15,18,19). The number of benzene rings is 1. The lowest BCUT2D eigenvalue weighted by Crippen LogP contribution is -2.29. The number of halogens is 1. The molecule has 3 N–H and O–H groups in total. The molecule has 1 aromatic rings. The lowest BCUT2D eigenvalue weighted by Gasteiger charge is -2.12. The topological polar surface area (TPSA) is 89.3 Å². The first-order valence-electron chi connectivity index (χ1n) is 6.39. The van der Waals surface area contributed by atoms with E-state index in [4.69, 9.17) is 5.14 Å². The molecule has 0 saturated heterocycles. The predicted molar refractivity (Wildman–Crippen MR) is 79.7 cm³/mol. The van der Waals surface area contributed by atoms with E-state index in [1.807, 2.05) is 0 Å². The zero-order chi connectivity index (χ0) is 14.9. The number of nitrogens with one attached hydrogen (secondary N) is 1. The molecule has 1 atom stereocenters. The fraction of sp³-hybridized carbons (Fsp3) is 0.462. The third-order valence-corrected chi connectivity index (χ3v) is 5.12. The van der Waals surface area contributed by atoms with Gasteiger partial charge in [0.25, 0.3) is 5.91 Å². The number of hydrogen-bond donors (Lipinski definition) is 2. The van der Waals surface area contributed by atoms with E-state index in [0.717, 1.165) is 0 Å². The Morgan fingerprint density at radius 3 is 2.70 bits per heavy atom. The minimum absolute atomic E-state index is 0.0684. The third kappa shape index (κ3) is 3.80. The lowest BCUT2D eigenvalue weighted by atomic mass is 10.1. The number of rotatable bonds is 5. The Labute approximate surface area is 127 Å². The Morgan fingerprint density at radius 1 is 1.50 bits per heavy atom. The number of amides is 1. The van der Waals surface area contributed by atoms with E-state index in [1.165, 1.54) is 31.0 Å². The van der Waals surface area contributed by atoms with Crippen LogP contribution < -0.4 is 10.5 Å². The quantitative estimate of drug-likeness (QED) is 0.839. The Hall–Kier alpha value is -0.920. The smallest absolute Gasteiger partial charge is 0.252 e. The second-order valence-electron chi connectivity index (χ2n) is 5.21. The van der Waals surface area contributed by atoms with Crippen LogP contribution in [-0.2, 0) is 10.0 Å². The number of carbonyl (C=O) groups is 1. The van der Waals surface area contributed by atoms with Crippen LogP contribution in [0.25, 0.3) is 0 Å². The molecule has 0 heterocycles. The summed E-state index contributed by atoms with van der Waals surface area (Å²) in [6.45, 7) is 2.70. The summed E-state index contributed by atoms with van der Waals surface area (Å²) in [7, 11) is -3.81. The summed E-state index contributed by atoms with van der Waals surface area (Å²) >= 11 is 3.25. The zero-order valence-electron chi connectivity index (χ0n) is 11.1. The molecule has 5 nitrogen and oxygen atoms in total. The number of sulfonamides is 1. The summed E-state index contributed by atoms with van der Waals surface area (Å²) in [4.78, 5) is 12.0. The van der Waals surface area contributed by atoms with Gasteiger partial charge in [-0.2, -0.15) is 0 Å². The van der Waals surface area contributed by atoms with Crippen LogP contribution in [0.1, 0.15) is 30.1 Å². The Morgan fingerprint density at radius 2 is 2.15 bits per heavy atom. The Balaban J connectivity index is 2.12. The van der Waals surface area contributed by atoms with E-state index in [1.54, 1.807) is 0 Å². The summed E-state index contributed by atoms with van der Waals surface area (Å²) in [5, 5.41) is 7.91. The fourth-order valence-corrected chi connectivity index (χ4v) is 3.00. The first-order valence-corrected chi connectivity index (χ1v) is 8.73. The highest BCUT2D eigenvalue weighted by Crippen LogP contribution is 2.36. The van der Waals surface area contributed by atoms with E-state index in [-0.39, 0.29) is 16.4 Å². The molecule has 0 spiro atoms. The van der Waals surface area contributed by atoms with Crippen molar-refractivity contribution in [1.29, 1.82) is 0 Å². The molecule has 1 aliphatic rings.